The topological polar surface area (TPSA) is 55.2 Å². The molecule has 0 saturated heterocycles. The average Bonchev–Trinajstić information content (AvgIpc) is 2.31. The lowest BCUT2D eigenvalue weighted by Gasteiger charge is -2.26. The first kappa shape index (κ1) is 17.1. The smallest absolute Gasteiger partial charge is 0.272 e. The summed E-state index contributed by atoms with van der Waals surface area (Å²) in [5.41, 5.74) is 0.458. The zero-order valence-corrected chi connectivity index (χ0v) is 13.6. The van der Waals surface area contributed by atoms with Gasteiger partial charge in [-0.05, 0) is 17.8 Å². The van der Waals surface area contributed by atoms with Crippen molar-refractivity contribution in [2.75, 3.05) is 11.9 Å². The second-order valence-corrected chi connectivity index (χ2v) is 6.39. The van der Waals surface area contributed by atoms with Gasteiger partial charge in [-0.25, -0.2) is 0 Å². The molecule has 0 aliphatic carbocycles. The van der Waals surface area contributed by atoms with Gasteiger partial charge in [0, 0.05) is 18.7 Å². The molecule has 0 aliphatic rings. The van der Waals surface area contributed by atoms with Crippen molar-refractivity contribution >= 4 is 34.6 Å². The van der Waals surface area contributed by atoms with Crippen molar-refractivity contribution in [3.8, 4) is 0 Å². The first-order chi connectivity index (χ1) is 9.23. The summed E-state index contributed by atoms with van der Waals surface area (Å²) in [6, 6.07) is 2.63. The third kappa shape index (κ3) is 4.25. The second kappa shape index (κ2) is 7.14. The van der Waals surface area contributed by atoms with E-state index in [9.17, 15) is 10.1 Å². The molecular weight excluding hydrogens is 299 g/mol. The zero-order chi connectivity index (χ0) is 15.4. The Kier molecular flexibility index (Phi) is 6.08. The Morgan fingerprint density at radius 3 is 1.95 bits per heavy atom. The second-order valence-electron chi connectivity index (χ2n) is 5.57. The first-order valence-corrected chi connectivity index (χ1v) is 7.37. The summed E-state index contributed by atoms with van der Waals surface area (Å²) in [7, 11) is 0. The SMILES string of the molecule is CC(C)C(CNc1c(Cl)cc([N+](=O)[O-])cc1Cl)C(C)C. The number of non-ortho nitro benzene ring substituents is 1. The Morgan fingerprint density at radius 1 is 1.15 bits per heavy atom. The van der Waals surface area contributed by atoms with Crippen LogP contribution in [0.5, 0.6) is 0 Å². The monoisotopic (exact) mass is 318 g/mol. The van der Waals surface area contributed by atoms with Crippen LogP contribution in [0.3, 0.4) is 0 Å². The minimum atomic E-state index is -0.507. The third-order valence-corrected chi connectivity index (χ3v) is 4.06. The summed E-state index contributed by atoms with van der Waals surface area (Å²) in [4.78, 5) is 10.2. The van der Waals surface area contributed by atoms with Gasteiger partial charge < -0.3 is 5.32 Å². The molecule has 6 heteroatoms. The molecule has 0 bridgehead atoms. The van der Waals surface area contributed by atoms with E-state index in [-0.39, 0.29) is 15.7 Å². The summed E-state index contributed by atoms with van der Waals surface area (Å²) in [6.07, 6.45) is 0. The van der Waals surface area contributed by atoms with Gasteiger partial charge in [0.2, 0.25) is 0 Å². The van der Waals surface area contributed by atoms with E-state index in [0.717, 1.165) is 6.54 Å². The maximum atomic E-state index is 10.7. The van der Waals surface area contributed by atoms with Gasteiger partial charge >= 0.3 is 0 Å². The van der Waals surface area contributed by atoms with Crippen LogP contribution in [0.25, 0.3) is 0 Å². The Labute approximate surface area is 129 Å². The number of halogens is 2. The number of hydrogen-bond donors (Lipinski definition) is 1. The van der Waals surface area contributed by atoms with Gasteiger partial charge in [-0.3, -0.25) is 10.1 Å². The zero-order valence-electron chi connectivity index (χ0n) is 12.1. The Bertz CT molecular complexity index is 459. The molecule has 0 aliphatic heterocycles. The Hall–Kier alpha value is -1.00. The van der Waals surface area contributed by atoms with Gasteiger partial charge in [-0.15, -0.1) is 0 Å². The van der Waals surface area contributed by atoms with Crippen molar-refractivity contribution in [1.29, 1.82) is 0 Å². The van der Waals surface area contributed by atoms with Crippen LogP contribution in [0.15, 0.2) is 12.1 Å². The van der Waals surface area contributed by atoms with E-state index < -0.39 is 4.92 Å². The number of nitrogens with one attached hydrogen (secondary N) is 1. The summed E-state index contributed by atoms with van der Waals surface area (Å²) in [6.45, 7) is 9.42. The molecule has 0 amide bonds. The summed E-state index contributed by atoms with van der Waals surface area (Å²) >= 11 is 12.1. The van der Waals surface area contributed by atoms with Gasteiger partial charge in [-0.1, -0.05) is 50.9 Å². The van der Waals surface area contributed by atoms with E-state index in [2.05, 4.69) is 33.0 Å². The van der Waals surface area contributed by atoms with Crippen molar-refractivity contribution in [3.63, 3.8) is 0 Å². The highest BCUT2D eigenvalue weighted by Gasteiger charge is 2.19. The molecule has 0 saturated carbocycles. The van der Waals surface area contributed by atoms with E-state index in [4.69, 9.17) is 23.2 Å². The lowest BCUT2D eigenvalue weighted by atomic mass is 9.85. The lowest BCUT2D eigenvalue weighted by molar-refractivity contribution is -0.384. The molecule has 0 atom stereocenters. The number of rotatable bonds is 6. The lowest BCUT2D eigenvalue weighted by Crippen LogP contribution is -2.24. The predicted molar refractivity (Wildman–Crippen MR) is 84.8 cm³/mol. The van der Waals surface area contributed by atoms with E-state index in [1.54, 1.807) is 0 Å². The summed E-state index contributed by atoms with van der Waals surface area (Å²) < 4.78 is 0. The Morgan fingerprint density at radius 2 is 1.60 bits per heavy atom. The molecule has 112 valence electrons. The standard InChI is InChI=1S/C14H20Cl2N2O2/c1-8(2)11(9(3)4)7-17-14-12(15)5-10(18(19)20)6-13(14)16/h5-6,8-9,11,17H,7H2,1-4H3. The van der Waals surface area contributed by atoms with Gasteiger partial charge in [-0.2, -0.15) is 0 Å². The number of nitro benzene ring substituents is 1. The minimum absolute atomic E-state index is 0.102. The molecule has 0 spiro atoms. The number of hydrogen-bond acceptors (Lipinski definition) is 3. The first-order valence-electron chi connectivity index (χ1n) is 6.61. The highest BCUT2D eigenvalue weighted by Crippen LogP contribution is 2.35. The van der Waals surface area contributed by atoms with Crippen molar-refractivity contribution in [3.05, 3.63) is 32.3 Å². The fourth-order valence-electron chi connectivity index (χ4n) is 2.30. The molecule has 1 aromatic rings. The van der Waals surface area contributed by atoms with Crippen LogP contribution < -0.4 is 5.32 Å². The van der Waals surface area contributed by atoms with Crippen molar-refractivity contribution in [2.24, 2.45) is 17.8 Å². The van der Waals surface area contributed by atoms with Crippen LogP contribution in [-0.2, 0) is 0 Å². The largest absolute Gasteiger partial charge is 0.382 e. The molecule has 1 aromatic carbocycles. The van der Waals surface area contributed by atoms with Crippen molar-refractivity contribution in [1.82, 2.24) is 0 Å². The number of anilines is 1. The van der Waals surface area contributed by atoms with Crippen molar-refractivity contribution < 1.29 is 4.92 Å². The molecule has 0 fully saturated rings. The molecule has 0 radical (unpaired) electrons. The van der Waals surface area contributed by atoms with Crippen LogP contribution in [0.4, 0.5) is 11.4 Å². The molecule has 4 nitrogen and oxygen atoms in total. The van der Waals surface area contributed by atoms with Crippen molar-refractivity contribution in [2.45, 2.75) is 27.7 Å². The molecular formula is C14H20Cl2N2O2. The van der Waals surface area contributed by atoms with E-state index in [1.807, 2.05) is 0 Å². The normalized spacial score (nSPS) is 11.4. The number of nitro groups is 1. The van der Waals surface area contributed by atoms with Gasteiger partial charge in [0.05, 0.1) is 20.7 Å². The predicted octanol–water partition coefficient (Wildman–Crippen LogP) is 5.24. The average molecular weight is 319 g/mol. The summed E-state index contributed by atoms with van der Waals surface area (Å²) in [5.74, 6) is 1.52. The third-order valence-electron chi connectivity index (χ3n) is 3.46. The minimum Gasteiger partial charge on any atom is -0.382 e. The van der Waals surface area contributed by atoms with Crippen LogP contribution in [0.2, 0.25) is 10.0 Å². The molecule has 1 N–H and O–H groups in total. The highest BCUT2D eigenvalue weighted by atomic mass is 35.5. The number of benzene rings is 1. The summed E-state index contributed by atoms with van der Waals surface area (Å²) in [5, 5.41) is 14.5. The van der Waals surface area contributed by atoms with Gasteiger partial charge in [0.25, 0.3) is 5.69 Å². The van der Waals surface area contributed by atoms with Crippen LogP contribution in [0, 0.1) is 27.9 Å². The molecule has 20 heavy (non-hydrogen) atoms. The van der Waals surface area contributed by atoms with E-state index in [1.165, 1.54) is 12.1 Å². The van der Waals surface area contributed by atoms with Gasteiger partial charge in [0.15, 0.2) is 0 Å². The van der Waals surface area contributed by atoms with Crippen LogP contribution in [-0.4, -0.2) is 11.5 Å². The Balaban J connectivity index is 2.91. The van der Waals surface area contributed by atoms with E-state index >= 15 is 0 Å². The van der Waals surface area contributed by atoms with Crippen LogP contribution in [0.1, 0.15) is 27.7 Å². The highest BCUT2D eigenvalue weighted by molar-refractivity contribution is 6.39. The fourth-order valence-corrected chi connectivity index (χ4v) is 2.90. The van der Waals surface area contributed by atoms with Gasteiger partial charge in [0.1, 0.15) is 0 Å². The molecule has 0 aromatic heterocycles. The maximum Gasteiger partial charge on any atom is 0.272 e. The van der Waals surface area contributed by atoms with Crippen LogP contribution >= 0.6 is 23.2 Å². The molecule has 0 heterocycles. The molecule has 0 unspecified atom stereocenters. The molecule has 1 rings (SSSR count). The number of nitrogens with zero attached hydrogens (tertiary/aromatic N) is 1. The van der Waals surface area contributed by atoms with E-state index in [0.29, 0.717) is 23.4 Å². The quantitative estimate of drug-likeness (QED) is 0.576. The maximum absolute atomic E-state index is 10.7. The fraction of sp³-hybridized carbons (Fsp3) is 0.571.